The zero-order chi connectivity index (χ0) is 14.5. The van der Waals surface area contributed by atoms with E-state index in [-0.39, 0.29) is 0 Å². The summed E-state index contributed by atoms with van der Waals surface area (Å²) in [6, 6.07) is 20.8. The molecule has 2 aromatic carbocycles. The Bertz CT molecular complexity index is 766. The molecule has 3 aromatic rings. The number of benzene rings is 2. The molecule has 0 saturated carbocycles. The average molecular weight is 275 g/mol. The monoisotopic (exact) mass is 275 g/mol. The minimum absolute atomic E-state index is 0.361. The number of para-hydroxylation sites is 2. The number of fused-ring (bicyclic) bond motifs is 1. The zero-order valence-corrected chi connectivity index (χ0v) is 11.9. The molecule has 0 radical (unpaired) electrons. The summed E-state index contributed by atoms with van der Waals surface area (Å²) < 4.78 is 2.18. The first-order chi connectivity index (χ1) is 10.4. The second-order valence-corrected chi connectivity index (χ2v) is 5.09. The second kappa shape index (κ2) is 6.23. The van der Waals surface area contributed by atoms with Crippen LogP contribution in [0.4, 0.5) is 0 Å². The van der Waals surface area contributed by atoms with Gasteiger partial charge in [-0.25, -0.2) is 4.98 Å². The first-order valence-electron chi connectivity index (χ1n) is 7.23. The van der Waals surface area contributed by atoms with Crippen molar-refractivity contribution in [1.82, 2.24) is 9.55 Å². The van der Waals surface area contributed by atoms with Crippen LogP contribution in [0.15, 0.2) is 54.6 Å². The van der Waals surface area contributed by atoms with Crippen LogP contribution in [0.3, 0.4) is 0 Å². The molecular formula is C18H17N3. The zero-order valence-electron chi connectivity index (χ0n) is 11.9. The van der Waals surface area contributed by atoms with Gasteiger partial charge in [0.2, 0.25) is 0 Å². The molecule has 0 aliphatic carbocycles. The lowest BCUT2D eigenvalue weighted by molar-refractivity contribution is 0.635. The average Bonchev–Trinajstić information content (AvgIpc) is 2.87. The van der Waals surface area contributed by atoms with Gasteiger partial charge in [0.15, 0.2) is 0 Å². The molecule has 3 heteroatoms. The molecule has 0 unspecified atom stereocenters. The molecule has 0 fully saturated rings. The summed E-state index contributed by atoms with van der Waals surface area (Å²) in [6.45, 7) is 0.895. The lowest BCUT2D eigenvalue weighted by Gasteiger charge is -2.07. The topological polar surface area (TPSA) is 41.6 Å². The van der Waals surface area contributed by atoms with E-state index in [2.05, 4.69) is 46.0 Å². The van der Waals surface area contributed by atoms with Gasteiger partial charge in [-0.2, -0.15) is 5.26 Å². The van der Waals surface area contributed by atoms with Crippen LogP contribution in [-0.2, 0) is 19.4 Å². The van der Waals surface area contributed by atoms with E-state index in [0.717, 1.165) is 36.2 Å². The third kappa shape index (κ3) is 2.95. The fraction of sp³-hybridized carbons (Fsp3) is 0.222. The molecule has 3 rings (SSSR count). The number of imidazole rings is 1. The lowest BCUT2D eigenvalue weighted by Crippen LogP contribution is -2.04. The highest BCUT2D eigenvalue weighted by atomic mass is 15.1. The molecule has 0 saturated heterocycles. The molecule has 0 amide bonds. The van der Waals surface area contributed by atoms with Crippen LogP contribution in [0.2, 0.25) is 0 Å². The van der Waals surface area contributed by atoms with Gasteiger partial charge >= 0.3 is 0 Å². The largest absolute Gasteiger partial charge is 0.327 e. The van der Waals surface area contributed by atoms with E-state index in [1.807, 2.05) is 24.3 Å². The molecule has 0 N–H and O–H groups in total. The van der Waals surface area contributed by atoms with Crippen molar-refractivity contribution in [2.45, 2.75) is 25.8 Å². The highest BCUT2D eigenvalue weighted by Crippen LogP contribution is 2.17. The molecule has 0 aliphatic heterocycles. The van der Waals surface area contributed by atoms with Crippen molar-refractivity contribution in [1.29, 1.82) is 5.26 Å². The minimum Gasteiger partial charge on any atom is -0.327 e. The summed E-state index contributed by atoms with van der Waals surface area (Å²) in [7, 11) is 0. The van der Waals surface area contributed by atoms with Crippen molar-refractivity contribution in [3.05, 3.63) is 66.0 Å². The van der Waals surface area contributed by atoms with E-state index in [1.54, 1.807) is 0 Å². The molecule has 1 aromatic heterocycles. The first-order valence-corrected chi connectivity index (χ1v) is 7.23. The maximum atomic E-state index is 8.97. The van der Waals surface area contributed by atoms with Gasteiger partial charge in [-0.1, -0.05) is 42.5 Å². The molecule has 3 nitrogen and oxygen atoms in total. The van der Waals surface area contributed by atoms with Gasteiger partial charge in [0.1, 0.15) is 5.82 Å². The van der Waals surface area contributed by atoms with Crippen LogP contribution in [0.1, 0.15) is 17.8 Å². The van der Waals surface area contributed by atoms with Crippen molar-refractivity contribution in [3.8, 4) is 6.07 Å². The molecular weight excluding hydrogens is 258 g/mol. The van der Waals surface area contributed by atoms with Crippen molar-refractivity contribution < 1.29 is 0 Å². The minimum atomic E-state index is 0.361. The van der Waals surface area contributed by atoms with Gasteiger partial charge in [-0.15, -0.1) is 0 Å². The number of hydrogen-bond donors (Lipinski definition) is 0. The fourth-order valence-electron chi connectivity index (χ4n) is 2.67. The third-order valence-corrected chi connectivity index (χ3v) is 3.66. The Kier molecular flexibility index (Phi) is 3.97. The van der Waals surface area contributed by atoms with E-state index in [0.29, 0.717) is 6.42 Å². The number of hydrogen-bond acceptors (Lipinski definition) is 2. The maximum Gasteiger partial charge on any atom is 0.124 e. The molecule has 21 heavy (non-hydrogen) atoms. The quantitative estimate of drug-likeness (QED) is 0.712. The molecule has 0 bridgehead atoms. The van der Waals surface area contributed by atoms with Gasteiger partial charge in [-0.3, -0.25) is 0 Å². The Labute approximate surface area is 124 Å². The highest BCUT2D eigenvalue weighted by Gasteiger charge is 2.09. The molecule has 0 spiro atoms. The van der Waals surface area contributed by atoms with E-state index >= 15 is 0 Å². The van der Waals surface area contributed by atoms with E-state index in [1.165, 1.54) is 5.56 Å². The van der Waals surface area contributed by atoms with Crippen LogP contribution in [-0.4, -0.2) is 9.55 Å². The molecule has 0 atom stereocenters. The van der Waals surface area contributed by atoms with Crippen molar-refractivity contribution in [2.24, 2.45) is 0 Å². The number of nitrogens with zero attached hydrogens (tertiary/aromatic N) is 3. The fourth-order valence-corrected chi connectivity index (χ4v) is 2.67. The standard InChI is InChI=1S/C18H17N3/c19-13-12-18-20-16-10-4-5-11-17(16)21(18)14-6-9-15-7-2-1-3-8-15/h1-5,7-8,10-11H,6,9,12,14H2. The summed E-state index contributed by atoms with van der Waals surface area (Å²) in [5.74, 6) is 0.867. The SMILES string of the molecule is N#CCc1nc2ccccc2n1CCCc1ccccc1. The van der Waals surface area contributed by atoms with Gasteiger partial charge in [-0.05, 0) is 30.5 Å². The Balaban J connectivity index is 1.79. The Morgan fingerprint density at radius 1 is 1.00 bits per heavy atom. The first kappa shape index (κ1) is 13.4. The van der Waals surface area contributed by atoms with Gasteiger partial charge < -0.3 is 4.57 Å². The Hall–Kier alpha value is -2.60. The van der Waals surface area contributed by atoms with Gasteiger partial charge in [0.05, 0.1) is 23.5 Å². The van der Waals surface area contributed by atoms with Crippen molar-refractivity contribution in [3.63, 3.8) is 0 Å². The predicted octanol–water partition coefficient (Wildman–Crippen LogP) is 3.74. The number of aryl methyl sites for hydroxylation is 2. The Morgan fingerprint density at radius 3 is 2.57 bits per heavy atom. The summed E-state index contributed by atoms with van der Waals surface area (Å²) in [5.41, 5.74) is 3.45. The third-order valence-electron chi connectivity index (χ3n) is 3.66. The molecule has 1 heterocycles. The van der Waals surface area contributed by atoms with Gasteiger partial charge in [0, 0.05) is 6.54 Å². The molecule has 0 aliphatic rings. The maximum absolute atomic E-state index is 8.97. The summed E-state index contributed by atoms with van der Waals surface area (Å²) in [6.07, 6.45) is 2.45. The van der Waals surface area contributed by atoms with E-state index in [4.69, 9.17) is 5.26 Å². The summed E-state index contributed by atoms with van der Waals surface area (Å²) in [4.78, 5) is 4.57. The summed E-state index contributed by atoms with van der Waals surface area (Å²) in [5, 5.41) is 8.97. The smallest absolute Gasteiger partial charge is 0.124 e. The Morgan fingerprint density at radius 2 is 1.76 bits per heavy atom. The number of rotatable bonds is 5. The predicted molar refractivity (Wildman–Crippen MR) is 83.8 cm³/mol. The number of aromatic nitrogens is 2. The van der Waals surface area contributed by atoms with Crippen molar-refractivity contribution >= 4 is 11.0 Å². The lowest BCUT2D eigenvalue weighted by atomic mass is 10.1. The normalized spacial score (nSPS) is 10.6. The van der Waals surface area contributed by atoms with Crippen molar-refractivity contribution in [2.75, 3.05) is 0 Å². The van der Waals surface area contributed by atoms with Crippen LogP contribution in [0.25, 0.3) is 11.0 Å². The highest BCUT2D eigenvalue weighted by molar-refractivity contribution is 5.75. The second-order valence-electron chi connectivity index (χ2n) is 5.09. The van der Waals surface area contributed by atoms with Gasteiger partial charge in [0.25, 0.3) is 0 Å². The summed E-state index contributed by atoms with van der Waals surface area (Å²) >= 11 is 0. The molecule has 104 valence electrons. The van der Waals surface area contributed by atoms with E-state index in [9.17, 15) is 0 Å². The van der Waals surface area contributed by atoms with Crippen LogP contribution < -0.4 is 0 Å². The van der Waals surface area contributed by atoms with Crippen LogP contribution in [0.5, 0.6) is 0 Å². The van der Waals surface area contributed by atoms with Crippen LogP contribution in [0, 0.1) is 11.3 Å². The number of nitriles is 1. The van der Waals surface area contributed by atoms with Crippen LogP contribution >= 0.6 is 0 Å². The van der Waals surface area contributed by atoms with E-state index < -0.39 is 0 Å².